The van der Waals surface area contributed by atoms with Crippen molar-refractivity contribution in [3.8, 4) is 11.5 Å². The summed E-state index contributed by atoms with van der Waals surface area (Å²) in [4.78, 5) is 8.97. The molecule has 61 heavy (non-hydrogen) atoms. The van der Waals surface area contributed by atoms with E-state index in [1.54, 1.807) is 13.1 Å². The fraction of sp³-hybridized carbons (Fsp3) is 0.708. The maximum absolute atomic E-state index is 11.4. The molecule has 2 saturated carbocycles. The average Bonchev–Trinajstić information content (AvgIpc) is 3.99. The molecule has 2 heterocycles. The largest absolute Gasteiger partial charge is 0.504 e. The molecular weight excluding hydrogens is 771 g/mol. The maximum atomic E-state index is 11.4. The van der Waals surface area contributed by atoms with Crippen LogP contribution in [0.1, 0.15) is 109 Å². The first-order chi connectivity index (χ1) is 29.5. The highest BCUT2D eigenvalue weighted by molar-refractivity contribution is 6.03. The number of rotatable bonds is 27. The van der Waals surface area contributed by atoms with Crippen molar-refractivity contribution in [2.24, 2.45) is 51.0 Å². The number of aliphatic hydroxyl groups is 5. The van der Waals surface area contributed by atoms with Crippen LogP contribution < -0.4 is 32.2 Å². The number of nitrogens with zero attached hydrogens (tertiary/aromatic N) is 2. The fourth-order valence-corrected chi connectivity index (χ4v) is 10.2. The van der Waals surface area contributed by atoms with E-state index in [1.165, 1.54) is 38.0 Å². The Morgan fingerprint density at radius 3 is 2.66 bits per heavy atom. The van der Waals surface area contributed by atoms with Gasteiger partial charge in [-0.1, -0.05) is 51.5 Å². The number of aryl methyl sites for hydroxylation is 1. The number of phenolic OH excluding ortho intramolecular Hbond substituents is 1. The molecule has 0 amide bonds. The third-order valence-electron chi connectivity index (χ3n) is 13.5. The summed E-state index contributed by atoms with van der Waals surface area (Å²) in [5.41, 5.74) is 15.4. The molecular formula is C48H80N7O6+. The molecule has 0 saturated heterocycles. The van der Waals surface area contributed by atoms with Crippen molar-refractivity contribution in [2.75, 3.05) is 53.5 Å². The first-order valence-corrected chi connectivity index (χ1v) is 23.4. The lowest BCUT2D eigenvalue weighted by Gasteiger charge is -2.33. The maximum Gasteiger partial charge on any atom is 0.208 e. The van der Waals surface area contributed by atoms with Gasteiger partial charge in [-0.15, -0.1) is 16.6 Å². The summed E-state index contributed by atoms with van der Waals surface area (Å²) < 4.78 is 11.1. The van der Waals surface area contributed by atoms with Crippen LogP contribution in [0.4, 0.5) is 0 Å². The number of allylic oxidation sites excluding steroid dienone is 1. The Bertz CT molecular complexity index is 1600. The monoisotopic (exact) mass is 851 g/mol. The first kappa shape index (κ1) is 48.7. The van der Waals surface area contributed by atoms with Crippen molar-refractivity contribution in [2.45, 2.75) is 135 Å². The zero-order chi connectivity index (χ0) is 43.7. The number of ether oxygens (including phenoxy) is 2. The van der Waals surface area contributed by atoms with Crippen LogP contribution >= 0.6 is 0 Å². The van der Waals surface area contributed by atoms with Crippen LogP contribution in [-0.4, -0.2) is 115 Å². The van der Waals surface area contributed by atoms with E-state index in [0.717, 1.165) is 87.4 Å². The van der Waals surface area contributed by atoms with Crippen LogP contribution in [0.3, 0.4) is 0 Å². The van der Waals surface area contributed by atoms with Crippen LogP contribution in [0.2, 0.25) is 0 Å². The molecule has 12 N–H and O–H groups in total. The molecule has 0 aromatic heterocycles. The second kappa shape index (κ2) is 25.1. The Labute approximate surface area is 366 Å². The second-order valence-corrected chi connectivity index (χ2v) is 18.3. The molecule has 2 fully saturated rings. The lowest BCUT2D eigenvalue weighted by atomic mass is 9.72. The molecule has 0 radical (unpaired) electrons. The predicted octanol–water partition coefficient (Wildman–Crippen LogP) is 4.59. The Hall–Kier alpha value is -3.30. The third-order valence-corrected chi connectivity index (χ3v) is 13.5. The SMILES string of the molecule is CN=C(N)NCC(C)CCCC(CCN)CCCCC1[OH+][C-](CCc2ccc(O)c(OCC(O)C3=C[C+]4C(=N3)CCC3CCCC3C4C(CNC)NCC(C)O)c2)C=C1CO. The molecule has 5 rings (SSSR count). The number of aliphatic imine (C=N–C) groups is 2. The molecule has 0 bridgehead atoms. The second-order valence-electron chi connectivity index (χ2n) is 18.3. The van der Waals surface area contributed by atoms with E-state index in [9.17, 15) is 20.4 Å². The number of benzene rings is 1. The van der Waals surface area contributed by atoms with Crippen molar-refractivity contribution in [1.82, 2.24) is 16.0 Å². The van der Waals surface area contributed by atoms with E-state index in [0.29, 0.717) is 67.0 Å². The van der Waals surface area contributed by atoms with E-state index in [2.05, 4.69) is 40.0 Å². The molecule has 13 heteroatoms. The summed E-state index contributed by atoms with van der Waals surface area (Å²) in [5, 5.41) is 52.6. The molecule has 2 aliphatic heterocycles. The van der Waals surface area contributed by atoms with Crippen LogP contribution in [0, 0.1) is 41.6 Å². The smallest absolute Gasteiger partial charge is 0.208 e. The minimum Gasteiger partial charge on any atom is -0.504 e. The van der Waals surface area contributed by atoms with Gasteiger partial charge in [0.15, 0.2) is 23.6 Å². The summed E-state index contributed by atoms with van der Waals surface area (Å²) in [6, 6.07) is 5.52. The van der Waals surface area contributed by atoms with Gasteiger partial charge in [-0.25, -0.2) is 0 Å². The minimum absolute atomic E-state index is 0.00911. The minimum atomic E-state index is -0.954. The van der Waals surface area contributed by atoms with Gasteiger partial charge < -0.3 is 57.3 Å². The van der Waals surface area contributed by atoms with Gasteiger partial charge in [0.1, 0.15) is 30.4 Å². The molecule has 13 nitrogen and oxygen atoms in total. The van der Waals surface area contributed by atoms with Crippen molar-refractivity contribution in [1.29, 1.82) is 0 Å². The number of fused-ring (bicyclic) bond motifs is 2. The highest BCUT2D eigenvalue weighted by Crippen LogP contribution is 2.50. The van der Waals surface area contributed by atoms with Crippen LogP contribution in [0.25, 0.3) is 0 Å². The zero-order valence-corrected chi connectivity index (χ0v) is 37.6. The molecule has 1 aromatic carbocycles. The van der Waals surface area contributed by atoms with Gasteiger partial charge >= 0.3 is 0 Å². The highest BCUT2D eigenvalue weighted by Gasteiger charge is 2.52. The Balaban J connectivity index is 1.08. The lowest BCUT2D eigenvalue weighted by Crippen LogP contribution is -2.50. The highest BCUT2D eigenvalue weighted by atomic mass is 16.5. The quantitative estimate of drug-likeness (QED) is 0.0197. The molecule has 9 atom stereocenters. The van der Waals surface area contributed by atoms with E-state index < -0.39 is 12.2 Å². The Morgan fingerprint density at radius 1 is 1.08 bits per heavy atom. The van der Waals surface area contributed by atoms with Gasteiger partial charge in [0.2, 0.25) is 5.70 Å². The summed E-state index contributed by atoms with van der Waals surface area (Å²) >= 11 is 0. The van der Waals surface area contributed by atoms with Crippen LogP contribution in [0.5, 0.6) is 11.5 Å². The van der Waals surface area contributed by atoms with Gasteiger partial charge in [0, 0.05) is 52.2 Å². The van der Waals surface area contributed by atoms with E-state index in [-0.39, 0.29) is 37.0 Å². The zero-order valence-electron chi connectivity index (χ0n) is 37.6. The summed E-state index contributed by atoms with van der Waals surface area (Å²) in [6.07, 6.45) is 19.7. The number of hydrogen-bond donors (Lipinski definition) is 9. The van der Waals surface area contributed by atoms with E-state index >= 15 is 0 Å². The normalized spacial score (nSPS) is 24.0. The number of unbranched alkanes of at least 4 members (excludes halogenated alkanes) is 1. The fourth-order valence-electron chi connectivity index (χ4n) is 10.2. The number of nitrogens with two attached hydrogens (primary N) is 2. The molecule has 2 aliphatic carbocycles. The van der Waals surface area contributed by atoms with Crippen LogP contribution in [0.15, 0.2) is 51.6 Å². The van der Waals surface area contributed by atoms with Gasteiger partial charge in [0.05, 0.1) is 18.1 Å². The molecule has 4 aliphatic rings. The van der Waals surface area contributed by atoms with Crippen molar-refractivity contribution < 1.29 is 29.9 Å². The molecule has 0 spiro atoms. The number of guanidine groups is 1. The summed E-state index contributed by atoms with van der Waals surface area (Å²) in [5.74, 6) is 4.66. The number of aromatic hydroxyl groups is 1. The number of aliphatic hydroxyl groups excluding tert-OH is 3. The summed E-state index contributed by atoms with van der Waals surface area (Å²) in [7, 11) is 3.67. The lowest BCUT2D eigenvalue weighted by molar-refractivity contribution is -0.0553. The van der Waals surface area contributed by atoms with Crippen LogP contribution in [-0.2, 0) is 6.42 Å². The van der Waals surface area contributed by atoms with E-state index in [1.807, 2.05) is 26.1 Å². The molecule has 1 aromatic rings. The van der Waals surface area contributed by atoms with Gasteiger partial charge in [-0.05, 0) is 107 Å². The number of nitrogens with one attached hydrogen (secondary N) is 3. The Morgan fingerprint density at radius 2 is 1.90 bits per heavy atom. The summed E-state index contributed by atoms with van der Waals surface area (Å²) in [6.45, 7) is 6.89. The average molecular weight is 851 g/mol. The topological polar surface area (TPSA) is 216 Å². The molecule has 342 valence electrons. The number of likely N-dealkylation sites (N-methyl/N-ethyl adjacent to an activating group) is 1. The van der Waals surface area contributed by atoms with Crippen molar-refractivity contribution in [3.63, 3.8) is 0 Å². The van der Waals surface area contributed by atoms with Crippen molar-refractivity contribution >= 4 is 11.7 Å². The van der Waals surface area contributed by atoms with Crippen molar-refractivity contribution in [3.05, 3.63) is 59.2 Å². The van der Waals surface area contributed by atoms with Gasteiger partial charge in [-0.2, -0.15) is 0 Å². The standard InChI is InChI=1S/C48H79N7O6/c1-31(26-54-48(50)52-4)9-7-11-33(21-22-49)10-5-6-14-45-36(29-56)24-37(61-45)18-15-34-16-20-43(58)46(23-34)60-30-44(59)41-25-39-40(55-41)19-17-35-12-8-13-38(35)47(39)42(28-51-3)53-27-32(2)57/h16,20,23-25,31-33,35,38,42,44-45,47,51,53,56-57,59,61H,5-15,17-19,21-22,26-30,49H2,1-4H3,(H3-,50,52,54,58)/p+1. The Kier molecular flexibility index (Phi) is 20.1. The third kappa shape index (κ3) is 14.6. The first-order valence-electron chi connectivity index (χ1n) is 23.4. The number of phenols is 1. The number of hydrogen-bond acceptors (Lipinski definition) is 10. The van der Waals surface area contributed by atoms with E-state index in [4.69, 9.17) is 25.9 Å². The van der Waals surface area contributed by atoms with Gasteiger partial charge in [-0.3, -0.25) is 4.99 Å². The molecule has 9 unspecified atom stereocenters. The predicted molar refractivity (Wildman–Crippen MR) is 246 cm³/mol. The van der Waals surface area contributed by atoms with Gasteiger partial charge in [0.25, 0.3) is 0 Å².